The average Bonchev–Trinajstić information content (AvgIpc) is 2.97. The summed E-state index contributed by atoms with van der Waals surface area (Å²) >= 11 is 0. The van der Waals surface area contributed by atoms with E-state index in [1.165, 1.54) is 4.31 Å². The predicted molar refractivity (Wildman–Crippen MR) is 80.1 cm³/mol. The summed E-state index contributed by atoms with van der Waals surface area (Å²) < 4.78 is 36.6. The van der Waals surface area contributed by atoms with Crippen LogP contribution >= 0.6 is 0 Å². The normalized spacial score (nSPS) is 28.0. The first-order valence-electron chi connectivity index (χ1n) is 7.85. The molecular weight excluding hydrogens is 310 g/mol. The van der Waals surface area contributed by atoms with Crippen molar-refractivity contribution in [3.63, 3.8) is 0 Å². The number of piperidine rings is 1. The van der Waals surface area contributed by atoms with Crippen molar-refractivity contribution < 1.29 is 27.8 Å². The Labute approximate surface area is 131 Å². The molecule has 0 amide bonds. The second kappa shape index (κ2) is 7.72. The number of rotatable bonds is 7. The van der Waals surface area contributed by atoms with Gasteiger partial charge in [-0.25, -0.2) is 12.7 Å². The molecule has 2 aliphatic rings. The molecule has 0 aromatic rings. The number of hydrogen-bond donors (Lipinski definition) is 1. The molecule has 2 aliphatic heterocycles. The van der Waals surface area contributed by atoms with Crippen molar-refractivity contribution in [2.75, 3.05) is 38.7 Å². The van der Waals surface area contributed by atoms with E-state index < -0.39 is 21.9 Å². The molecule has 7 nitrogen and oxygen atoms in total. The summed E-state index contributed by atoms with van der Waals surface area (Å²) in [5, 5.41) is 9.22. The monoisotopic (exact) mass is 335 g/mol. The van der Waals surface area contributed by atoms with Crippen molar-refractivity contribution in [1.82, 2.24) is 4.31 Å². The number of aliphatic carboxylic acids is 1. The van der Waals surface area contributed by atoms with Crippen LogP contribution in [-0.4, -0.2) is 68.6 Å². The average molecular weight is 335 g/mol. The van der Waals surface area contributed by atoms with E-state index >= 15 is 0 Å². The maximum atomic E-state index is 12.2. The summed E-state index contributed by atoms with van der Waals surface area (Å²) in [6, 6.07) is 0. The van der Waals surface area contributed by atoms with Crippen LogP contribution in [0.25, 0.3) is 0 Å². The van der Waals surface area contributed by atoms with Crippen LogP contribution in [0.1, 0.15) is 26.2 Å². The molecule has 0 aromatic carbocycles. The van der Waals surface area contributed by atoms with Crippen LogP contribution in [0.5, 0.6) is 0 Å². The first-order valence-corrected chi connectivity index (χ1v) is 9.46. The van der Waals surface area contributed by atoms with Gasteiger partial charge in [0.1, 0.15) is 0 Å². The minimum Gasteiger partial charge on any atom is -0.481 e. The Balaban J connectivity index is 1.86. The van der Waals surface area contributed by atoms with Crippen molar-refractivity contribution in [1.29, 1.82) is 0 Å². The van der Waals surface area contributed by atoms with Gasteiger partial charge in [0, 0.05) is 26.3 Å². The van der Waals surface area contributed by atoms with Gasteiger partial charge in [-0.15, -0.1) is 0 Å². The van der Waals surface area contributed by atoms with E-state index in [0.717, 1.165) is 0 Å². The third-order valence-electron chi connectivity index (χ3n) is 4.50. The Morgan fingerprint density at radius 3 is 2.59 bits per heavy atom. The molecule has 22 heavy (non-hydrogen) atoms. The van der Waals surface area contributed by atoms with Crippen LogP contribution in [0.4, 0.5) is 0 Å². The molecule has 0 bridgehead atoms. The predicted octanol–water partition coefficient (Wildman–Crippen LogP) is 0.554. The molecule has 8 heteroatoms. The molecule has 2 rings (SSSR count). The maximum absolute atomic E-state index is 12.2. The molecule has 1 N–H and O–H groups in total. The Bertz CT molecular complexity index is 472. The second-order valence-corrected chi connectivity index (χ2v) is 7.91. The number of carboxylic acid groups (broad SMARTS) is 1. The van der Waals surface area contributed by atoms with Gasteiger partial charge in [-0.2, -0.15) is 0 Å². The smallest absolute Gasteiger partial charge is 0.309 e. The molecule has 0 aromatic heterocycles. The molecule has 0 aliphatic carbocycles. The van der Waals surface area contributed by atoms with E-state index in [0.29, 0.717) is 45.6 Å². The van der Waals surface area contributed by atoms with Crippen LogP contribution in [0, 0.1) is 11.8 Å². The first kappa shape index (κ1) is 17.7. The maximum Gasteiger partial charge on any atom is 0.309 e. The topological polar surface area (TPSA) is 93.1 Å². The van der Waals surface area contributed by atoms with Crippen LogP contribution in [0.3, 0.4) is 0 Å². The lowest BCUT2D eigenvalue weighted by Crippen LogP contribution is -2.44. The van der Waals surface area contributed by atoms with E-state index in [1.54, 1.807) is 0 Å². The van der Waals surface area contributed by atoms with Gasteiger partial charge in [0.2, 0.25) is 10.0 Å². The SMILES string of the molecule is CCOCCS(=O)(=O)N1CCC([C@@H]2OCC[C@H]2C(=O)O)CC1. The molecule has 2 saturated heterocycles. The highest BCUT2D eigenvalue weighted by atomic mass is 32.2. The van der Waals surface area contributed by atoms with E-state index in [1.807, 2.05) is 6.92 Å². The number of ether oxygens (including phenoxy) is 2. The molecule has 2 heterocycles. The molecule has 128 valence electrons. The Morgan fingerprint density at radius 1 is 1.32 bits per heavy atom. The lowest BCUT2D eigenvalue weighted by Gasteiger charge is -2.34. The van der Waals surface area contributed by atoms with E-state index in [9.17, 15) is 18.3 Å². The van der Waals surface area contributed by atoms with Gasteiger partial charge in [0.15, 0.2) is 0 Å². The molecule has 0 radical (unpaired) electrons. The highest BCUT2D eigenvalue weighted by molar-refractivity contribution is 7.89. The minimum atomic E-state index is -3.28. The lowest BCUT2D eigenvalue weighted by atomic mass is 9.85. The molecule has 0 unspecified atom stereocenters. The van der Waals surface area contributed by atoms with Crippen LogP contribution < -0.4 is 0 Å². The Hall–Kier alpha value is -0.700. The van der Waals surface area contributed by atoms with Gasteiger partial charge in [0.25, 0.3) is 0 Å². The minimum absolute atomic E-state index is 0.00316. The second-order valence-electron chi connectivity index (χ2n) is 5.82. The zero-order valence-corrected chi connectivity index (χ0v) is 13.8. The van der Waals surface area contributed by atoms with E-state index in [4.69, 9.17) is 9.47 Å². The molecular formula is C14H25NO6S. The summed E-state index contributed by atoms with van der Waals surface area (Å²) in [6.45, 7) is 3.91. The van der Waals surface area contributed by atoms with Crippen LogP contribution in [0.15, 0.2) is 0 Å². The lowest BCUT2D eigenvalue weighted by molar-refractivity contribution is -0.145. The molecule has 0 spiro atoms. The van der Waals surface area contributed by atoms with Crippen molar-refractivity contribution in [2.24, 2.45) is 11.8 Å². The van der Waals surface area contributed by atoms with Crippen molar-refractivity contribution in [3.8, 4) is 0 Å². The number of sulfonamides is 1. The van der Waals surface area contributed by atoms with Crippen molar-refractivity contribution in [2.45, 2.75) is 32.3 Å². The standard InChI is InChI=1S/C14H25NO6S/c1-2-20-9-10-22(18,19)15-6-3-11(4-7-15)13-12(14(16)17)5-8-21-13/h11-13H,2-10H2,1H3,(H,16,17)/t12-,13+/m1/s1. The zero-order chi connectivity index (χ0) is 16.2. The molecule has 2 fully saturated rings. The summed E-state index contributed by atoms with van der Waals surface area (Å²) in [5.41, 5.74) is 0. The van der Waals surface area contributed by atoms with Gasteiger partial charge in [-0.05, 0) is 32.1 Å². The quantitative estimate of drug-likeness (QED) is 0.683. The van der Waals surface area contributed by atoms with Gasteiger partial charge in [0.05, 0.1) is 24.4 Å². The highest BCUT2D eigenvalue weighted by Crippen LogP contribution is 2.33. The third-order valence-corrected chi connectivity index (χ3v) is 6.33. The summed E-state index contributed by atoms with van der Waals surface area (Å²) in [7, 11) is -3.28. The summed E-state index contributed by atoms with van der Waals surface area (Å²) in [4.78, 5) is 11.2. The van der Waals surface area contributed by atoms with Crippen molar-refractivity contribution in [3.05, 3.63) is 0 Å². The number of carbonyl (C=O) groups is 1. The summed E-state index contributed by atoms with van der Waals surface area (Å²) in [5.74, 6) is -1.13. The van der Waals surface area contributed by atoms with Crippen molar-refractivity contribution >= 4 is 16.0 Å². The third kappa shape index (κ3) is 4.18. The van der Waals surface area contributed by atoms with Gasteiger partial charge in [-0.3, -0.25) is 4.79 Å². The van der Waals surface area contributed by atoms with Gasteiger partial charge >= 0.3 is 5.97 Å². The van der Waals surface area contributed by atoms with Gasteiger partial charge < -0.3 is 14.6 Å². The van der Waals surface area contributed by atoms with Gasteiger partial charge in [-0.1, -0.05) is 0 Å². The fraction of sp³-hybridized carbons (Fsp3) is 0.929. The number of nitrogens with zero attached hydrogens (tertiary/aromatic N) is 1. The van der Waals surface area contributed by atoms with Crippen LogP contribution in [-0.2, 0) is 24.3 Å². The van der Waals surface area contributed by atoms with E-state index in [2.05, 4.69) is 0 Å². The largest absolute Gasteiger partial charge is 0.481 e. The van der Waals surface area contributed by atoms with Crippen LogP contribution in [0.2, 0.25) is 0 Å². The first-order chi connectivity index (χ1) is 10.5. The Morgan fingerprint density at radius 2 is 2.00 bits per heavy atom. The molecule has 0 saturated carbocycles. The fourth-order valence-corrected chi connectivity index (χ4v) is 4.61. The highest BCUT2D eigenvalue weighted by Gasteiger charge is 2.41. The Kier molecular flexibility index (Phi) is 6.19. The fourth-order valence-electron chi connectivity index (χ4n) is 3.26. The molecule has 2 atom stereocenters. The number of carboxylic acids is 1. The number of hydrogen-bond acceptors (Lipinski definition) is 5. The zero-order valence-electron chi connectivity index (χ0n) is 12.9. The van der Waals surface area contributed by atoms with E-state index in [-0.39, 0.29) is 24.4 Å². The summed E-state index contributed by atoms with van der Waals surface area (Å²) in [6.07, 6.45) is 1.59.